The van der Waals surface area contributed by atoms with E-state index in [1.165, 1.54) is 7.11 Å². The lowest BCUT2D eigenvalue weighted by atomic mass is 10.3. The van der Waals surface area contributed by atoms with Crippen LogP contribution < -0.4 is 5.32 Å². The van der Waals surface area contributed by atoms with E-state index in [2.05, 4.69) is 10.1 Å². The number of carbonyl (C=O) groups excluding carboxylic acids is 2. The van der Waals surface area contributed by atoms with E-state index in [0.29, 0.717) is 12.2 Å². The Balaban J connectivity index is 2.74. The SMILES string of the molecule is CCn1cccc1C(=O)NC(CO)C(=O)OC. The Bertz CT molecular complexity index is 400. The molecule has 94 valence electrons. The molecule has 1 unspecified atom stereocenters. The van der Waals surface area contributed by atoms with Crippen LogP contribution in [0.2, 0.25) is 0 Å². The highest BCUT2D eigenvalue weighted by molar-refractivity contribution is 5.95. The zero-order valence-corrected chi connectivity index (χ0v) is 9.84. The number of amides is 1. The quantitative estimate of drug-likeness (QED) is 0.697. The summed E-state index contributed by atoms with van der Waals surface area (Å²) >= 11 is 0. The fraction of sp³-hybridized carbons (Fsp3) is 0.455. The van der Waals surface area contributed by atoms with Crippen LogP contribution in [0.5, 0.6) is 0 Å². The van der Waals surface area contributed by atoms with Crippen molar-refractivity contribution in [2.45, 2.75) is 19.5 Å². The normalized spacial score (nSPS) is 11.9. The lowest BCUT2D eigenvalue weighted by Crippen LogP contribution is -2.44. The van der Waals surface area contributed by atoms with Crippen molar-refractivity contribution in [3.8, 4) is 0 Å². The molecule has 0 fully saturated rings. The van der Waals surface area contributed by atoms with Gasteiger partial charge in [-0.15, -0.1) is 0 Å². The molecule has 0 aromatic carbocycles. The molecule has 1 rings (SSSR count). The van der Waals surface area contributed by atoms with Crippen LogP contribution in [0, 0.1) is 0 Å². The molecule has 0 aliphatic carbocycles. The Kier molecular flexibility index (Phi) is 4.71. The number of carbonyl (C=O) groups is 2. The molecule has 0 aliphatic rings. The molecule has 0 aliphatic heterocycles. The molecule has 0 radical (unpaired) electrons. The van der Waals surface area contributed by atoms with Gasteiger partial charge in [0.2, 0.25) is 0 Å². The molecule has 2 N–H and O–H groups in total. The van der Waals surface area contributed by atoms with E-state index in [1.807, 2.05) is 6.92 Å². The van der Waals surface area contributed by atoms with E-state index in [-0.39, 0.29) is 0 Å². The fourth-order valence-electron chi connectivity index (χ4n) is 1.45. The van der Waals surface area contributed by atoms with Crippen molar-refractivity contribution in [3.63, 3.8) is 0 Å². The summed E-state index contributed by atoms with van der Waals surface area (Å²) in [6.07, 6.45) is 1.76. The van der Waals surface area contributed by atoms with Gasteiger partial charge >= 0.3 is 5.97 Å². The Morgan fingerprint density at radius 1 is 1.59 bits per heavy atom. The molecule has 6 nitrogen and oxygen atoms in total. The van der Waals surface area contributed by atoms with E-state index < -0.39 is 24.5 Å². The largest absolute Gasteiger partial charge is 0.467 e. The van der Waals surface area contributed by atoms with Gasteiger partial charge in [-0.1, -0.05) is 0 Å². The number of nitrogens with zero attached hydrogens (tertiary/aromatic N) is 1. The average molecular weight is 240 g/mol. The molecule has 1 heterocycles. The first-order valence-corrected chi connectivity index (χ1v) is 5.28. The summed E-state index contributed by atoms with van der Waals surface area (Å²) < 4.78 is 6.19. The van der Waals surface area contributed by atoms with E-state index >= 15 is 0 Å². The molecule has 0 spiro atoms. The minimum Gasteiger partial charge on any atom is -0.467 e. The van der Waals surface area contributed by atoms with Crippen LogP contribution >= 0.6 is 0 Å². The molecular weight excluding hydrogens is 224 g/mol. The first kappa shape index (κ1) is 13.2. The highest BCUT2D eigenvalue weighted by atomic mass is 16.5. The summed E-state index contributed by atoms with van der Waals surface area (Å²) in [6, 6.07) is 2.35. The molecule has 1 amide bonds. The summed E-state index contributed by atoms with van der Waals surface area (Å²) in [5.41, 5.74) is 0.440. The maximum absolute atomic E-state index is 11.8. The number of aliphatic hydroxyl groups excluding tert-OH is 1. The van der Waals surface area contributed by atoms with Crippen molar-refractivity contribution in [2.24, 2.45) is 0 Å². The van der Waals surface area contributed by atoms with Crippen molar-refractivity contribution < 1.29 is 19.4 Å². The van der Waals surface area contributed by atoms with Gasteiger partial charge in [-0.3, -0.25) is 4.79 Å². The first-order chi connectivity index (χ1) is 8.13. The number of methoxy groups -OCH3 is 1. The zero-order valence-electron chi connectivity index (χ0n) is 9.84. The molecule has 0 saturated carbocycles. The average Bonchev–Trinajstić information content (AvgIpc) is 2.82. The predicted octanol–water partition coefficient (Wildman–Crippen LogP) is -0.228. The Morgan fingerprint density at radius 2 is 2.29 bits per heavy atom. The number of esters is 1. The molecule has 1 atom stereocenters. The van der Waals surface area contributed by atoms with Gasteiger partial charge in [-0.2, -0.15) is 0 Å². The number of rotatable bonds is 5. The first-order valence-electron chi connectivity index (χ1n) is 5.28. The van der Waals surface area contributed by atoms with Gasteiger partial charge in [0, 0.05) is 12.7 Å². The van der Waals surface area contributed by atoms with Crippen LogP contribution in [0.1, 0.15) is 17.4 Å². The highest BCUT2D eigenvalue weighted by Gasteiger charge is 2.22. The van der Waals surface area contributed by atoms with Crippen LogP contribution in [-0.4, -0.2) is 41.3 Å². The van der Waals surface area contributed by atoms with E-state index in [1.54, 1.807) is 22.9 Å². The molecule has 0 saturated heterocycles. The lowest BCUT2D eigenvalue weighted by molar-refractivity contribution is -0.143. The standard InChI is InChI=1S/C11H16N2O4/c1-3-13-6-4-5-9(13)10(15)12-8(7-14)11(16)17-2/h4-6,8,14H,3,7H2,1-2H3,(H,12,15). The van der Waals surface area contributed by atoms with Crippen molar-refractivity contribution in [1.82, 2.24) is 9.88 Å². The van der Waals surface area contributed by atoms with Gasteiger partial charge in [0.1, 0.15) is 5.69 Å². The minimum absolute atomic E-state index is 0.415. The zero-order chi connectivity index (χ0) is 12.8. The van der Waals surface area contributed by atoms with Crippen molar-refractivity contribution >= 4 is 11.9 Å². The monoisotopic (exact) mass is 240 g/mol. The van der Waals surface area contributed by atoms with Gasteiger partial charge in [-0.05, 0) is 19.1 Å². The summed E-state index contributed by atoms with van der Waals surface area (Å²) in [4.78, 5) is 23.0. The number of hydrogen-bond donors (Lipinski definition) is 2. The van der Waals surface area contributed by atoms with E-state index in [4.69, 9.17) is 5.11 Å². The van der Waals surface area contributed by atoms with Crippen LogP contribution in [0.4, 0.5) is 0 Å². The smallest absolute Gasteiger partial charge is 0.330 e. The Hall–Kier alpha value is -1.82. The molecule has 1 aromatic heterocycles. The van der Waals surface area contributed by atoms with Crippen molar-refractivity contribution in [1.29, 1.82) is 0 Å². The van der Waals surface area contributed by atoms with Crippen LogP contribution in [-0.2, 0) is 16.1 Å². The van der Waals surface area contributed by atoms with Gasteiger partial charge in [0.05, 0.1) is 13.7 Å². The summed E-state index contributed by atoms with van der Waals surface area (Å²) in [5.74, 6) is -1.09. The van der Waals surface area contributed by atoms with Crippen LogP contribution in [0.3, 0.4) is 0 Å². The van der Waals surface area contributed by atoms with Crippen molar-refractivity contribution in [2.75, 3.05) is 13.7 Å². The van der Waals surface area contributed by atoms with Crippen LogP contribution in [0.15, 0.2) is 18.3 Å². The second-order valence-electron chi connectivity index (χ2n) is 3.41. The third-order valence-electron chi connectivity index (χ3n) is 2.38. The fourth-order valence-corrected chi connectivity index (χ4v) is 1.45. The van der Waals surface area contributed by atoms with Crippen LogP contribution in [0.25, 0.3) is 0 Å². The minimum atomic E-state index is -1.03. The number of aliphatic hydroxyl groups is 1. The number of hydrogen-bond acceptors (Lipinski definition) is 4. The highest BCUT2D eigenvalue weighted by Crippen LogP contribution is 2.02. The number of aryl methyl sites for hydroxylation is 1. The van der Waals surface area contributed by atoms with Gasteiger partial charge in [-0.25, -0.2) is 4.79 Å². The number of ether oxygens (including phenoxy) is 1. The maximum Gasteiger partial charge on any atom is 0.330 e. The third kappa shape index (κ3) is 3.07. The molecule has 0 bridgehead atoms. The summed E-state index contributed by atoms with van der Waals surface area (Å²) in [6.45, 7) is 2.06. The van der Waals surface area contributed by atoms with E-state index in [9.17, 15) is 9.59 Å². The Morgan fingerprint density at radius 3 is 2.82 bits per heavy atom. The second kappa shape index (κ2) is 6.05. The van der Waals surface area contributed by atoms with Gasteiger partial charge in [0.25, 0.3) is 5.91 Å². The number of aromatic nitrogens is 1. The third-order valence-corrected chi connectivity index (χ3v) is 2.38. The maximum atomic E-state index is 11.8. The Labute approximate surface area is 99.2 Å². The van der Waals surface area contributed by atoms with Gasteiger partial charge < -0.3 is 19.7 Å². The van der Waals surface area contributed by atoms with E-state index in [0.717, 1.165) is 0 Å². The summed E-state index contributed by atoms with van der Waals surface area (Å²) in [5, 5.41) is 11.4. The number of nitrogens with one attached hydrogen (secondary N) is 1. The lowest BCUT2D eigenvalue weighted by Gasteiger charge is -2.14. The van der Waals surface area contributed by atoms with Crippen molar-refractivity contribution in [3.05, 3.63) is 24.0 Å². The van der Waals surface area contributed by atoms with Gasteiger partial charge in [0.15, 0.2) is 6.04 Å². The second-order valence-corrected chi connectivity index (χ2v) is 3.41. The molecular formula is C11H16N2O4. The topological polar surface area (TPSA) is 80.6 Å². The summed E-state index contributed by atoms with van der Waals surface area (Å²) in [7, 11) is 1.20. The molecule has 1 aromatic rings. The molecule has 6 heteroatoms. The predicted molar refractivity (Wildman–Crippen MR) is 60.5 cm³/mol. The molecule has 17 heavy (non-hydrogen) atoms.